The van der Waals surface area contributed by atoms with Gasteiger partial charge < -0.3 is 15.5 Å². The van der Waals surface area contributed by atoms with Gasteiger partial charge >= 0.3 is 0 Å². The number of carbonyl (C=O) groups excluding carboxylic acids is 1. The molecule has 0 saturated carbocycles. The first kappa shape index (κ1) is 18.5. The highest BCUT2D eigenvalue weighted by molar-refractivity contribution is 6.03. The van der Waals surface area contributed by atoms with Gasteiger partial charge in [-0.25, -0.2) is 4.98 Å². The fraction of sp³-hybridized carbons (Fsp3) is 0.182. The molecule has 0 spiro atoms. The van der Waals surface area contributed by atoms with Crippen LogP contribution < -0.4 is 15.5 Å². The van der Waals surface area contributed by atoms with Crippen molar-refractivity contribution in [3.8, 4) is 0 Å². The number of amides is 1. The van der Waals surface area contributed by atoms with Gasteiger partial charge in [-0.1, -0.05) is 29.8 Å². The lowest BCUT2D eigenvalue weighted by molar-refractivity contribution is 0.102. The lowest BCUT2D eigenvalue weighted by Gasteiger charge is -2.13. The highest BCUT2D eigenvalue weighted by Gasteiger charge is 2.08. The van der Waals surface area contributed by atoms with Crippen LogP contribution >= 0.6 is 0 Å². The minimum Gasteiger partial charge on any atom is -0.380 e. The summed E-state index contributed by atoms with van der Waals surface area (Å²) in [5, 5.41) is 6.18. The summed E-state index contributed by atoms with van der Waals surface area (Å²) in [6.07, 6.45) is 1.68. The molecular weight excluding hydrogens is 336 g/mol. The maximum atomic E-state index is 12.4. The molecule has 0 fully saturated rings. The second kappa shape index (κ2) is 8.36. The number of nitrogens with one attached hydrogen (secondary N) is 2. The lowest BCUT2D eigenvalue weighted by Crippen LogP contribution is -2.14. The summed E-state index contributed by atoms with van der Waals surface area (Å²) >= 11 is 0. The van der Waals surface area contributed by atoms with E-state index >= 15 is 0 Å². The highest BCUT2D eigenvalue weighted by Crippen LogP contribution is 2.16. The van der Waals surface area contributed by atoms with Gasteiger partial charge in [0.05, 0.1) is 11.9 Å². The molecule has 5 nitrogen and oxygen atoms in total. The highest BCUT2D eigenvalue weighted by atomic mass is 16.1. The zero-order chi connectivity index (χ0) is 19.2. The number of anilines is 3. The van der Waals surface area contributed by atoms with Crippen LogP contribution in [0.3, 0.4) is 0 Å². The predicted octanol–water partition coefficient (Wildman–Crippen LogP) is 4.32. The molecule has 1 amide bonds. The van der Waals surface area contributed by atoms with Crippen molar-refractivity contribution in [3.05, 3.63) is 83.7 Å². The van der Waals surface area contributed by atoms with Crippen LogP contribution in [0.4, 0.5) is 17.1 Å². The number of benzene rings is 2. The number of carbonyl (C=O) groups is 1. The quantitative estimate of drug-likeness (QED) is 0.687. The SMILES string of the molecule is Cc1ccc(CNc2ccc(C(=O)Nc3ccc(N(C)C)cc3)nc2)cc1. The van der Waals surface area contributed by atoms with Crippen molar-refractivity contribution >= 4 is 23.0 Å². The summed E-state index contributed by atoms with van der Waals surface area (Å²) in [7, 11) is 3.96. The fourth-order valence-corrected chi connectivity index (χ4v) is 2.58. The topological polar surface area (TPSA) is 57.3 Å². The predicted molar refractivity (Wildman–Crippen MR) is 111 cm³/mol. The fourth-order valence-electron chi connectivity index (χ4n) is 2.58. The molecule has 27 heavy (non-hydrogen) atoms. The molecule has 1 heterocycles. The van der Waals surface area contributed by atoms with Gasteiger partial charge in [-0.15, -0.1) is 0 Å². The van der Waals surface area contributed by atoms with Crippen molar-refractivity contribution in [2.75, 3.05) is 29.6 Å². The van der Waals surface area contributed by atoms with E-state index in [9.17, 15) is 4.79 Å². The molecule has 138 valence electrons. The van der Waals surface area contributed by atoms with Crippen molar-refractivity contribution in [1.82, 2.24) is 4.98 Å². The summed E-state index contributed by atoms with van der Waals surface area (Å²) in [5.74, 6) is -0.224. The van der Waals surface area contributed by atoms with E-state index in [-0.39, 0.29) is 5.91 Å². The average Bonchev–Trinajstić information content (AvgIpc) is 2.68. The minimum absolute atomic E-state index is 0.224. The molecule has 5 heteroatoms. The summed E-state index contributed by atoms with van der Waals surface area (Å²) in [6, 6.07) is 19.6. The smallest absolute Gasteiger partial charge is 0.274 e. The van der Waals surface area contributed by atoms with Gasteiger partial charge in [0.1, 0.15) is 5.69 Å². The molecule has 2 aromatic carbocycles. The van der Waals surface area contributed by atoms with Gasteiger partial charge in [0.15, 0.2) is 0 Å². The number of nitrogens with zero attached hydrogens (tertiary/aromatic N) is 2. The maximum Gasteiger partial charge on any atom is 0.274 e. The molecule has 0 radical (unpaired) electrons. The largest absolute Gasteiger partial charge is 0.380 e. The van der Waals surface area contributed by atoms with Gasteiger partial charge in [0.25, 0.3) is 5.91 Å². The van der Waals surface area contributed by atoms with Crippen LogP contribution in [0.5, 0.6) is 0 Å². The number of aryl methyl sites for hydroxylation is 1. The number of rotatable bonds is 6. The number of aromatic nitrogens is 1. The van der Waals surface area contributed by atoms with Crippen LogP contribution in [0.1, 0.15) is 21.6 Å². The molecule has 3 rings (SSSR count). The molecule has 0 aliphatic heterocycles. The second-order valence-corrected chi connectivity index (χ2v) is 6.67. The third kappa shape index (κ3) is 5.07. The van der Waals surface area contributed by atoms with E-state index in [0.717, 1.165) is 17.1 Å². The van der Waals surface area contributed by atoms with Crippen LogP contribution in [-0.4, -0.2) is 25.0 Å². The Morgan fingerprint density at radius 3 is 2.19 bits per heavy atom. The number of hydrogen-bond donors (Lipinski definition) is 2. The zero-order valence-electron chi connectivity index (χ0n) is 15.9. The molecule has 0 atom stereocenters. The Hall–Kier alpha value is -3.34. The summed E-state index contributed by atoms with van der Waals surface area (Å²) in [5.41, 5.74) is 5.52. The Morgan fingerprint density at radius 2 is 1.59 bits per heavy atom. The van der Waals surface area contributed by atoms with Gasteiger partial charge in [-0.05, 0) is 48.9 Å². The van der Waals surface area contributed by atoms with Crippen LogP contribution in [-0.2, 0) is 6.54 Å². The van der Waals surface area contributed by atoms with Crippen LogP contribution in [0, 0.1) is 6.92 Å². The molecule has 0 unspecified atom stereocenters. The molecule has 0 bridgehead atoms. The van der Waals surface area contributed by atoms with E-state index in [2.05, 4.69) is 46.8 Å². The van der Waals surface area contributed by atoms with Gasteiger partial charge in [-0.2, -0.15) is 0 Å². The average molecular weight is 360 g/mol. The summed E-state index contributed by atoms with van der Waals surface area (Å²) < 4.78 is 0. The lowest BCUT2D eigenvalue weighted by atomic mass is 10.1. The number of hydrogen-bond acceptors (Lipinski definition) is 4. The number of pyridine rings is 1. The zero-order valence-corrected chi connectivity index (χ0v) is 15.9. The van der Waals surface area contributed by atoms with Crippen molar-refractivity contribution in [2.24, 2.45) is 0 Å². The third-order valence-corrected chi connectivity index (χ3v) is 4.25. The van der Waals surface area contributed by atoms with Crippen molar-refractivity contribution in [2.45, 2.75) is 13.5 Å². The minimum atomic E-state index is -0.224. The van der Waals surface area contributed by atoms with Crippen LogP contribution in [0.2, 0.25) is 0 Å². The van der Waals surface area contributed by atoms with Gasteiger partial charge in [0.2, 0.25) is 0 Å². The Bertz CT molecular complexity index is 885. The maximum absolute atomic E-state index is 12.4. The molecule has 1 aromatic heterocycles. The van der Waals surface area contributed by atoms with Gasteiger partial charge in [-0.3, -0.25) is 4.79 Å². The summed E-state index contributed by atoms with van der Waals surface area (Å²) in [6.45, 7) is 2.78. The third-order valence-electron chi connectivity index (χ3n) is 4.25. The van der Waals surface area contributed by atoms with E-state index in [1.165, 1.54) is 11.1 Å². The van der Waals surface area contributed by atoms with E-state index in [0.29, 0.717) is 12.2 Å². The van der Waals surface area contributed by atoms with Crippen molar-refractivity contribution in [1.29, 1.82) is 0 Å². The standard InChI is InChI=1S/C22H24N4O/c1-16-4-6-17(7-5-16)14-23-19-10-13-21(24-15-19)22(27)25-18-8-11-20(12-9-18)26(2)3/h4-13,15,23H,14H2,1-3H3,(H,25,27). The van der Waals surface area contributed by atoms with E-state index < -0.39 is 0 Å². The van der Waals surface area contributed by atoms with Crippen molar-refractivity contribution < 1.29 is 4.79 Å². The monoisotopic (exact) mass is 360 g/mol. The van der Waals surface area contributed by atoms with Crippen molar-refractivity contribution in [3.63, 3.8) is 0 Å². The molecule has 2 N–H and O–H groups in total. The Balaban J connectivity index is 1.57. The molecular formula is C22H24N4O. The van der Waals surface area contributed by atoms with E-state index in [4.69, 9.17) is 0 Å². The first-order valence-electron chi connectivity index (χ1n) is 8.85. The first-order chi connectivity index (χ1) is 13.0. The second-order valence-electron chi connectivity index (χ2n) is 6.67. The van der Waals surface area contributed by atoms with Gasteiger partial charge in [0, 0.05) is 32.0 Å². The molecule has 0 saturated heterocycles. The molecule has 3 aromatic rings. The molecule has 0 aliphatic carbocycles. The summed E-state index contributed by atoms with van der Waals surface area (Å²) in [4.78, 5) is 18.6. The van der Waals surface area contributed by atoms with E-state index in [1.807, 2.05) is 49.3 Å². The van der Waals surface area contributed by atoms with Crippen LogP contribution in [0.25, 0.3) is 0 Å². The Labute approximate surface area is 160 Å². The first-order valence-corrected chi connectivity index (χ1v) is 8.85. The van der Waals surface area contributed by atoms with Crippen LogP contribution in [0.15, 0.2) is 66.9 Å². The Morgan fingerprint density at radius 1 is 0.926 bits per heavy atom. The molecule has 0 aliphatic rings. The van der Waals surface area contributed by atoms with E-state index in [1.54, 1.807) is 12.3 Å². The Kier molecular flexibility index (Phi) is 5.71. The normalized spacial score (nSPS) is 10.3.